The fourth-order valence-electron chi connectivity index (χ4n) is 3.28. The molecule has 1 atom stereocenters. The van der Waals surface area contributed by atoms with Crippen LogP contribution in [0.5, 0.6) is 5.75 Å². The number of nitrogens with two attached hydrogens (primary N) is 1. The van der Waals surface area contributed by atoms with Gasteiger partial charge in [0.1, 0.15) is 18.1 Å². The van der Waals surface area contributed by atoms with Crippen molar-refractivity contribution in [1.29, 1.82) is 0 Å². The van der Waals surface area contributed by atoms with Crippen LogP contribution in [0.15, 0.2) is 47.5 Å². The number of benzene rings is 2. The molecule has 2 heterocycles. The molecule has 1 aliphatic heterocycles. The topological polar surface area (TPSA) is 77.5 Å². The second-order valence-electron chi connectivity index (χ2n) is 6.27. The summed E-state index contributed by atoms with van der Waals surface area (Å²) in [7, 11) is 1.93. The number of halogens is 2. The van der Waals surface area contributed by atoms with Crippen molar-refractivity contribution in [3.8, 4) is 5.75 Å². The molecule has 8 heteroatoms. The Hall–Kier alpha value is -2.00. The van der Waals surface area contributed by atoms with E-state index in [2.05, 4.69) is 15.3 Å². The van der Waals surface area contributed by atoms with Crippen LogP contribution < -0.4 is 15.8 Å². The molecule has 0 aliphatic carbocycles. The Morgan fingerprint density at radius 1 is 1.33 bits per heavy atom. The van der Waals surface area contributed by atoms with Crippen LogP contribution in [0.4, 0.5) is 0 Å². The Labute approximate surface area is 179 Å². The SMILES string of the molecule is Cn1c(CN=C(N)NC2CCOc3ccccc32)nc2cccc(Cl)c21.I. The zero-order chi connectivity index (χ0) is 18.1. The van der Waals surface area contributed by atoms with Crippen molar-refractivity contribution in [2.75, 3.05) is 6.61 Å². The third-order valence-corrected chi connectivity index (χ3v) is 4.91. The first-order valence-corrected chi connectivity index (χ1v) is 8.89. The zero-order valence-electron chi connectivity index (χ0n) is 14.9. The number of guanidine groups is 1. The number of imidazole rings is 1. The van der Waals surface area contributed by atoms with E-state index in [0.29, 0.717) is 24.1 Å². The molecule has 1 unspecified atom stereocenters. The van der Waals surface area contributed by atoms with E-state index < -0.39 is 0 Å². The van der Waals surface area contributed by atoms with E-state index in [1.807, 2.05) is 54.1 Å². The highest BCUT2D eigenvalue weighted by Crippen LogP contribution is 2.31. The highest BCUT2D eigenvalue weighted by molar-refractivity contribution is 14.0. The van der Waals surface area contributed by atoms with Crippen molar-refractivity contribution in [2.24, 2.45) is 17.8 Å². The van der Waals surface area contributed by atoms with E-state index in [-0.39, 0.29) is 30.0 Å². The van der Waals surface area contributed by atoms with E-state index in [9.17, 15) is 0 Å². The Morgan fingerprint density at radius 2 is 2.15 bits per heavy atom. The average molecular weight is 498 g/mol. The molecule has 6 nitrogen and oxygen atoms in total. The summed E-state index contributed by atoms with van der Waals surface area (Å²) in [5.74, 6) is 2.10. The summed E-state index contributed by atoms with van der Waals surface area (Å²) in [6, 6.07) is 13.8. The molecule has 0 bridgehead atoms. The number of para-hydroxylation sites is 2. The molecular weight excluding hydrogens is 477 g/mol. The van der Waals surface area contributed by atoms with Crippen LogP contribution in [0.25, 0.3) is 11.0 Å². The molecule has 0 fully saturated rings. The van der Waals surface area contributed by atoms with Gasteiger partial charge in [-0.3, -0.25) is 0 Å². The Kier molecular flexibility index (Phi) is 6.11. The molecule has 0 spiro atoms. The maximum atomic E-state index is 6.27. The van der Waals surface area contributed by atoms with Gasteiger partial charge in [-0.05, 0) is 18.2 Å². The summed E-state index contributed by atoms with van der Waals surface area (Å²) in [6.07, 6.45) is 0.842. The number of hydrogen-bond acceptors (Lipinski definition) is 3. The summed E-state index contributed by atoms with van der Waals surface area (Å²) >= 11 is 6.27. The average Bonchev–Trinajstić information content (AvgIpc) is 2.97. The van der Waals surface area contributed by atoms with Crippen LogP contribution in [-0.2, 0) is 13.6 Å². The first kappa shape index (κ1) is 19.8. The lowest BCUT2D eigenvalue weighted by molar-refractivity contribution is 0.262. The van der Waals surface area contributed by atoms with Crippen LogP contribution in [-0.4, -0.2) is 22.1 Å². The van der Waals surface area contributed by atoms with Crippen molar-refractivity contribution in [1.82, 2.24) is 14.9 Å². The summed E-state index contributed by atoms with van der Waals surface area (Å²) in [5.41, 5.74) is 8.99. The van der Waals surface area contributed by atoms with Gasteiger partial charge in [-0.25, -0.2) is 9.98 Å². The van der Waals surface area contributed by atoms with Gasteiger partial charge in [-0.15, -0.1) is 24.0 Å². The van der Waals surface area contributed by atoms with Crippen molar-refractivity contribution >= 4 is 52.6 Å². The number of aryl methyl sites for hydroxylation is 1. The number of aliphatic imine (C=N–C) groups is 1. The minimum absolute atomic E-state index is 0. The van der Waals surface area contributed by atoms with Crippen molar-refractivity contribution in [2.45, 2.75) is 19.0 Å². The van der Waals surface area contributed by atoms with Crippen molar-refractivity contribution in [3.63, 3.8) is 0 Å². The predicted octanol–water partition coefficient (Wildman–Crippen LogP) is 3.77. The molecule has 3 aromatic rings. The number of hydrogen-bond donors (Lipinski definition) is 2. The van der Waals surface area contributed by atoms with Gasteiger partial charge < -0.3 is 20.4 Å². The van der Waals surface area contributed by atoms with Gasteiger partial charge >= 0.3 is 0 Å². The molecule has 142 valence electrons. The molecular formula is C19H21ClIN5O. The number of rotatable bonds is 3. The molecule has 1 aliphatic rings. The van der Waals surface area contributed by atoms with Crippen molar-refractivity contribution < 1.29 is 4.74 Å². The maximum absolute atomic E-state index is 6.27. The standard InChI is InChI=1S/C19H20ClN5O.HI/c1-25-17(23-15-7-4-6-13(20)18(15)25)11-22-19(21)24-14-9-10-26-16-8-3-2-5-12(14)16;/h2-8,14H,9-11H2,1H3,(H3,21,22,24);1H. The molecule has 0 saturated heterocycles. The van der Waals surface area contributed by atoms with Gasteiger partial charge in [0.15, 0.2) is 5.96 Å². The van der Waals surface area contributed by atoms with Crippen molar-refractivity contribution in [3.05, 3.63) is 58.9 Å². The fraction of sp³-hybridized carbons (Fsp3) is 0.263. The van der Waals surface area contributed by atoms with E-state index >= 15 is 0 Å². The summed E-state index contributed by atoms with van der Waals surface area (Å²) in [5, 5.41) is 3.97. The summed E-state index contributed by atoms with van der Waals surface area (Å²) in [6.45, 7) is 1.04. The third kappa shape index (κ3) is 3.98. The molecule has 1 aromatic heterocycles. The lowest BCUT2D eigenvalue weighted by Gasteiger charge is -2.26. The highest BCUT2D eigenvalue weighted by Gasteiger charge is 2.21. The maximum Gasteiger partial charge on any atom is 0.189 e. The second-order valence-corrected chi connectivity index (χ2v) is 6.68. The molecule has 0 saturated carbocycles. The number of fused-ring (bicyclic) bond motifs is 2. The molecule has 0 radical (unpaired) electrons. The third-order valence-electron chi connectivity index (χ3n) is 4.61. The predicted molar refractivity (Wildman–Crippen MR) is 119 cm³/mol. The molecule has 4 rings (SSSR count). The van der Waals surface area contributed by atoms with Crippen LogP contribution >= 0.6 is 35.6 Å². The highest BCUT2D eigenvalue weighted by atomic mass is 127. The van der Waals surface area contributed by atoms with Crippen LogP contribution in [0, 0.1) is 0 Å². The van der Waals surface area contributed by atoms with Gasteiger partial charge in [0.05, 0.1) is 28.7 Å². The number of nitrogens with zero attached hydrogens (tertiary/aromatic N) is 3. The van der Waals surface area contributed by atoms with Gasteiger partial charge in [-0.2, -0.15) is 0 Å². The Morgan fingerprint density at radius 3 is 2.96 bits per heavy atom. The normalized spacial score (nSPS) is 16.4. The number of aromatic nitrogens is 2. The van der Waals surface area contributed by atoms with Crippen LogP contribution in [0.2, 0.25) is 5.02 Å². The molecule has 2 aromatic carbocycles. The number of ether oxygens (including phenoxy) is 1. The fourth-order valence-corrected chi connectivity index (χ4v) is 3.58. The summed E-state index contributed by atoms with van der Waals surface area (Å²) < 4.78 is 7.64. The summed E-state index contributed by atoms with van der Waals surface area (Å²) in [4.78, 5) is 9.06. The van der Waals surface area contributed by atoms with Gasteiger partial charge in [0.2, 0.25) is 0 Å². The Bertz CT molecular complexity index is 987. The minimum atomic E-state index is 0. The minimum Gasteiger partial charge on any atom is -0.493 e. The zero-order valence-corrected chi connectivity index (χ0v) is 17.9. The first-order valence-electron chi connectivity index (χ1n) is 8.51. The van der Waals surface area contributed by atoms with Crippen LogP contribution in [0.1, 0.15) is 23.9 Å². The second kappa shape index (κ2) is 8.35. The van der Waals surface area contributed by atoms with Gasteiger partial charge in [0.25, 0.3) is 0 Å². The van der Waals surface area contributed by atoms with E-state index in [1.54, 1.807) is 0 Å². The first-order chi connectivity index (χ1) is 12.6. The van der Waals surface area contributed by atoms with E-state index in [0.717, 1.165) is 34.6 Å². The van der Waals surface area contributed by atoms with E-state index in [4.69, 9.17) is 22.1 Å². The molecule has 0 amide bonds. The Balaban J connectivity index is 0.00000210. The van der Waals surface area contributed by atoms with Gasteiger partial charge in [0, 0.05) is 19.0 Å². The lowest BCUT2D eigenvalue weighted by Crippen LogP contribution is -2.37. The van der Waals surface area contributed by atoms with E-state index in [1.165, 1.54) is 0 Å². The van der Waals surface area contributed by atoms with Crippen LogP contribution in [0.3, 0.4) is 0 Å². The molecule has 27 heavy (non-hydrogen) atoms. The molecule has 3 N–H and O–H groups in total. The smallest absolute Gasteiger partial charge is 0.189 e. The monoisotopic (exact) mass is 497 g/mol. The lowest BCUT2D eigenvalue weighted by atomic mass is 10.0. The quantitative estimate of drug-likeness (QED) is 0.328. The number of nitrogens with one attached hydrogen (secondary N) is 1. The largest absolute Gasteiger partial charge is 0.493 e. The van der Waals surface area contributed by atoms with Gasteiger partial charge in [-0.1, -0.05) is 35.9 Å².